The van der Waals surface area contributed by atoms with Gasteiger partial charge in [-0.3, -0.25) is 0 Å². The van der Waals surface area contributed by atoms with Crippen molar-refractivity contribution < 1.29 is 9.52 Å². The summed E-state index contributed by atoms with van der Waals surface area (Å²) >= 11 is 4.80. The molecule has 0 saturated heterocycles. The largest absolute Gasteiger partial charge is 0.507 e. The maximum atomic E-state index is 10.0. The van der Waals surface area contributed by atoms with E-state index in [-0.39, 0.29) is 10.9 Å². The minimum Gasteiger partial charge on any atom is -0.507 e. The van der Waals surface area contributed by atoms with E-state index in [0.717, 1.165) is 11.1 Å². The second-order valence-electron chi connectivity index (χ2n) is 4.71. The molecule has 1 aromatic heterocycles. The van der Waals surface area contributed by atoms with Gasteiger partial charge >= 0.3 is 0 Å². The fraction of sp³-hybridized carbons (Fsp3) is 0.0667. The molecule has 0 bridgehead atoms. The highest BCUT2D eigenvalue weighted by atomic mass is 32.1. The first-order chi connectivity index (χ1) is 10.0. The standard InChI is InChI=1S/C15H13N3O2S/c1-8-2-5-13-11(6-8)18-14(20-13)10-7-9(17-15(16)21)3-4-12(10)19/h2-7,19H,1H3,(H3,16,17,21). The predicted octanol–water partition coefficient (Wildman–Crippen LogP) is 3.16. The van der Waals surface area contributed by atoms with Crippen molar-refractivity contribution in [1.29, 1.82) is 0 Å². The van der Waals surface area contributed by atoms with E-state index in [9.17, 15) is 5.11 Å². The zero-order chi connectivity index (χ0) is 15.0. The van der Waals surface area contributed by atoms with E-state index in [1.54, 1.807) is 12.1 Å². The number of nitrogens with two attached hydrogens (primary N) is 1. The van der Waals surface area contributed by atoms with Crippen LogP contribution in [0.3, 0.4) is 0 Å². The van der Waals surface area contributed by atoms with Crippen molar-refractivity contribution in [1.82, 2.24) is 4.98 Å². The molecule has 3 aromatic rings. The van der Waals surface area contributed by atoms with Gasteiger partial charge in [0.25, 0.3) is 0 Å². The lowest BCUT2D eigenvalue weighted by Crippen LogP contribution is -2.18. The maximum absolute atomic E-state index is 10.0. The van der Waals surface area contributed by atoms with Gasteiger partial charge in [0, 0.05) is 5.69 Å². The molecule has 0 atom stereocenters. The Bertz CT molecular complexity index is 842. The van der Waals surface area contributed by atoms with E-state index in [4.69, 9.17) is 22.4 Å². The highest BCUT2D eigenvalue weighted by Crippen LogP contribution is 2.33. The first-order valence-electron chi connectivity index (χ1n) is 6.30. The van der Waals surface area contributed by atoms with E-state index in [0.29, 0.717) is 22.7 Å². The number of fused-ring (bicyclic) bond motifs is 1. The lowest BCUT2D eigenvalue weighted by Gasteiger charge is -2.06. The summed E-state index contributed by atoms with van der Waals surface area (Å²) in [6, 6.07) is 10.6. The highest BCUT2D eigenvalue weighted by molar-refractivity contribution is 7.80. The summed E-state index contributed by atoms with van der Waals surface area (Å²) in [4.78, 5) is 4.41. The van der Waals surface area contributed by atoms with E-state index in [1.807, 2.05) is 25.1 Å². The zero-order valence-electron chi connectivity index (χ0n) is 11.3. The molecule has 0 aliphatic heterocycles. The summed E-state index contributed by atoms with van der Waals surface area (Å²) < 4.78 is 5.69. The van der Waals surface area contributed by atoms with Gasteiger partial charge in [0.1, 0.15) is 11.3 Å². The maximum Gasteiger partial charge on any atom is 0.231 e. The molecule has 0 radical (unpaired) electrons. The molecule has 0 fully saturated rings. The molecule has 0 unspecified atom stereocenters. The normalized spacial score (nSPS) is 10.7. The molecule has 0 spiro atoms. The zero-order valence-corrected chi connectivity index (χ0v) is 12.1. The number of anilines is 1. The van der Waals surface area contributed by atoms with Gasteiger partial charge in [-0.15, -0.1) is 0 Å². The van der Waals surface area contributed by atoms with E-state index < -0.39 is 0 Å². The summed E-state index contributed by atoms with van der Waals surface area (Å²) in [7, 11) is 0. The highest BCUT2D eigenvalue weighted by Gasteiger charge is 2.13. The number of aromatic hydroxyl groups is 1. The first-order valence-corrected chi connectivity index (χ1v) is 6.71. The van der Waals surface area contributed by atoms with Crippen LogP contribution >= 0.6 is 12.2 Å². The van der Waals surface area contributed by atoms with Crippen LogP contribution in [0, 0.1) is 6.92 Å². The molecule has 0 saturated carbocycles. The predicted molar refractivity (Wildman–Crippen MR) is 86.3 cm³/mol. The van der Waals surface area contributed by atoms with Gasteiger partial charge in [0.2, 0.25) is 5.89 Å². The van der Waals surface area contributed by atoms with Crippen LogP contribution in [0.25, 0.3) is 22.6 Å². The van der Waals surface area contributed by atoms with Crippen LogP contribution in [-0.2, 0) is 0 Å². The summed E-state index contributed by atoms with van der Waals surface area (Å²) in [6.45, 7) is 1.98. The van der Waals surface area contributed by atoms with E-state index in [2.05, 4.69) is 10.3 Å². The Morgan fingerprint density at radius 1 is 1.29 bits per heavy atom. The lowest BCUT2D eigenvalue weighted by molar-refractivity contribution is 0.474. The van der Waals surface area contributed by atoms with Crippen LogP contribution < -0.4 is 11.1 Å². The Morgan fingerprint density at radius 3 is 2.86 bits per heavy atom. The third kappa shape index (κ3) is 2.66. The molecule has 21 heavy (non-hydrogen) atoms. The number of phenols is 1. The number of aryl methyl sites for hydroxylation is 1. The second-order valence-corrected chi connectivity index (χ2v) is 5.15. The number of aromatic nitrogens is 1. The Labute approximate surface area is 126 Å². The van der Waals surface area contributed by atoms with Crippen LogP contribution in [0.5, 0.6) is 5.75 Å². The number of thiocarbonyl (C=S) groups is 1. The van der Waals surface area contributed by atoms with Crippen LogP contribution in [0.4, 0.5) is 5.69 Å². The van der Waals surface area contributed by atoms with Gasteiger partial charge in [-0.2, -0.15) is 0 Å². The molecule has 106 valence electrons. The Kier molecular flexibility index (Phi) is 3.23. The van der Waals surface area contributed by atoms with Gasteiger partial charge < -0.3 is 20.6 Å². The molecule has 0 aliphatic rings. The van der Waals surface area contributed by atoms with Crippen molar-refractivity contribution in [3.05, 3.63) is 42.0 Å². The third-order valence-electron chi connectivity index (χ3n) is 3.04. The van der Waals surface area contributed by atoms with Crippen molar-refractivity contribution in [2.45, 2.75) is 6.92 Å². The van der Waals surface area contributed by atoms with Crippen LogP contribution in [0.2, 0.25) is 0 Å². The van der Waals surface area contributed by atoms with Gasteiger partial charge in [-0.05, 0) is 55.0 Å². The Morgan fingerprint density at radius 2 is 2.10 bits per heavy atom. The number of oxazole rings is 1. The van der Waals surface area contributed by atoms with Crippen LogP contribution in [0.1, 0.15) is 5.56 Å². The fourth-order valence-electron chi connectivity index (χ4n) is 2.08. The molecule has 4 N–H and O–H groups in total. The molecule has 6 heteroatoms. The summed E-state index contributed by atoms with van der Waals surface area (Å²) in [5, 5.41) is 13.0. The molecule has 0 aliphatic carbocycles. The first kappa shape index (κ1) is 13.4. The van der Waals surface area contributed by atoms with Gasteiger partial charge in [-0.1, -0.05) is 6.07 Å². The number of benzene rings is 2. The monoisotopic (exact) mass is 299 g/mol. The van der Waals surface area contributed by atoms with Crippen molar-refractivity contribution in [2.24, 2.45) is 5.73 Å². The minimum absolute atomic E-state index is 0.0757. The number of nitrogens with zero attached hydrogens (tertiary/aromatic N) is 1. The Hall–Kier alpha value is -2.60. The smallest absolute Gasteiger partial charge is 0.231 e. The molecule has 0 amide bonds. The third-order valence-corrected chi connectivity index (χ3v) is 3.14. The average molecular weight is 299 g/mol. The molecule has 5 nitrogen and oxygen atoms in total. The van der Waals surface area contributed by atoms with Gasteiger partial charge in [0.15, 0.2) is 10.7 Å². The van der Waals surface area contributed by atoms with Crippen molar-refractivity contribution in [3.8, 4) is 17.2 Å². The van der Waals surface area contributed by atoms with Crippen LogP contribution in [0.15, 0.2) is 40.8 Å². The molecule has 3 rings (SSSR count). The van der Waals surface area contributed by atoms with Crippen molar-refractivity contribution in [3.63, 3.8) is 0 Å². The van der Waals surface area contributed by atoms with Crippen molar-refractivity contribution in [2.75, 3.05) is 5.32 Å². The number of hydrogen-bond donors (Lipinski definition) is 3. The summed E-state index contributed by atoms with van der Waals surface area (Å²) in [5.74, 6) is 0.423. The molecule has 1 heterocycles. The number of phenolic OH excluding ortho intramolecular Hbond substituents is 1. The Balaban J connectivity index is 2.10. The van der Waals surface area contributed by atoms with Gasteiger partial charge in [0.05, 0.1) is 5.56 Å². The lowest BCUT2D eigenvalue weighted by atomic mass is 10.1. The molecular weight excluding hydrogens is 286 g/mol. The topological polar surface area (TPSA) is 84.3 Å². The second kappa shape index (κ2) is 5.06. The quantitative estimate of drug-likeness (QED) is 0.498. The van der Waals surface area contributed by atoms with E-state index >= 15 is 0 Å². The average Bonchev–Trinajstić information content (AvgIpc) is 2.83. The number of rotatable bonds is 2. The number of hydrogen-bond acceptors (Lipinski definition) is 4. The molecular formula is C15H13N3O2S. The van der Waals surface area contributed by atoms with Gasteiger partial charge in [-0.25, -0.2) is 4.98 Å². The summed E-state index contributed by atoms with van der Waals surface area (Å²) in [5.41, 5.74) is 9.10. The number of nitrogens with one attached hydrogen (secondary N) is 1. The summed E-state index contributed by atoms with van der Waals surface area (Å²) in [6.07, 6.45) is 0. The SMILES string of the molecule is Cc1ccc2oc(-c3cc(NC(N)=S)ccc3O)nc2c1. The van der Waals surface area contributed by atoms with E-state index in [1.165, 1.54) is 6.07 Å². The van der Waals surface area contributed by atoms with Crippen LogP contribution in [-0.4, -0.2) is 15.2 Å². The van der Waals surface area contributed by atoms with Crippen molar-refractivity contribution >= 4 is 34.1 Å². The minimum atomic E-state index is 0.0757. The fourth-order valence-corrected chi connectivity index (χ4v) is 2.20. The molecule has 2 aromatic carbocycles.